The van der Waals surface area contributed by atoms with E-state index in [0.717, 1.165) is 5.56 Å². The number of hydrogen-bond acceptors (Lipinski definition) is 5. The molecule has 1 atom stereocenters. The van der Waals surface area contributed by atoms with Gasteiger partial charge in [-0.1, -0.05) is 13.0 Å². The summed E-state index contributed by atoms with van der Waals surface area (Å²) in [5, 5.41) is 2.90. The van der Waals surface area contributed by atoms with Gasteiger partial charge in [-0.15, -0.1) is 0 Å². The fourth-order valence-electron chi connectivity index (χ4n) is 2.95. The van der Waals surface area contributed by atoms with E-state index in [9.17, 15) is 13.6 Å². The lowest BCUT2D eigenvalue weighted by atomic mass is 10.0. The summed E-state index contributed by atoms with van der Waals surface area (Å²) < 4.78 is 45.7. The molecular formula is C20H21F2NO5. The van der Waals surface area contributed by atoms with Crippen LogP contribution in [0.1, 0.15) is 35.3 Å². The molecule has 1 aliphatic rings. The number of halogens is 2. The number of ether oxygens (including phenoxy) is 4. The van der Waals surface area contributed by atoms with Gasteiger partial charge in [-0.05, 0) is 42.3 Å². The minimum atomic E-state index is -3.02. The van der Waals surface area contributed by atoms with Gasteiger partial charge in [0.2, 0.25) is 0 Å². The standard InChI is InChI=1S/C20H21F2NO5/c1-3-14(12-4-7-16-17(10-12)27-9-8-26-16)23-19(24)13-5-6-15(25-2)18(11-13)28-20(21)22/h4-7,10-11,14,20H,3,8-9H2,1-2H3,(H,23,24). The highest BCUT2D eigenvalue weighted by Gasteiger charge is 2.20. The average Bonchev–Trinajstić information content (AvgIpc) is 2.71. The fourth-order valence-corrected chi connectivity index (χ4v) is 2.95. The van der Waals surface area contributed by atoms with Crippen LogP contribution in [0.15, 0.2) is 36.4 Å². The number of amides is 1. The van der Waals surface area contributed by atoms with E-state index in [1.165, 1.54) is 25.3 Å². The Morgan fingerprint density at radius 1 is 1.11 bits per heavy atom. The van der Waals surface area contributed by atoms with Gasteiger partial charge in [0, 0.05) is 5.56 Å². The van der Waals surface area contributed by atoms with Crippen LogP contribution in [0.4, 0.5) is 8.78 Å². The highest BCUT2D eigenvalue weighted by atomic mass is 19.3. The molecule has 2 aromatic carbocycles. The molecule has 0 saturated heterocycles. The number of hydrogen-bond donors (Lipinski definition) is 1. The van der Waals surface area contributed by atoms with E-state index >= 15 is 0 Å². The predicted octanol–water partition coefficient (Wildman–Crippen LogP) is 3.95. The topological polar surface area (TPSA) is 66.0 Å². The maximum atomic E-state index is 12.7. The van der Waals surface area contributed by atoms with Crippen molar-refractivity contribution in [2.24, 2.45) is 0 Å². The number of methoxy groups -OCH3 is 1. The zero-order valence-corrected chi connectivity index (χ0v) is 15.5. The van der Waals surface area contributed by atoms with E-state index in [0.29, 0.717) is 31.1 Å². The van der Waals surface area contributed by atoms with Crippen LogP contribution in [0.5, 0.6) is 23.0 Å². The van der Waals surface area contributed by atoms with E-state index in [-0.39, 0.29) is 23.1 Å². The molecule has 8 heteroatoms. The van der Waals surface area contributed by atoms with E-state index < -0.39 is 12.5 Å². The second-order valence-corrected chi connectivity index (χ2v) is 6.08. The second-order valence-electron chi connectivity index (χ2n) is 6.08. The molecule has 1 unspecified atom stereocenters. The van der Waals surface area contributed by atoms with Gasteiger partial charge >= 0.3 is 6.61 Å². The van der Waals surface area contributed by atoms with Crippen molar-refractivity contribution in [1.82, 2.24) is 5.32 Å². The Hall–Kier alpha value is -3.03. The molecule has 0 saturated carbocycles. The molecule has 1 amide bonds. The van der Waals surface area contributed by atoms with Crippen molar-refractivity contribution in [3.8, 4) is 23.0 Å². The first-order chi connectivity index (χ1) is 13.5. The summed E-state index contributed by atoms with van der Waals surface area (Å²) in [6.07, 6.45) is 0.627. The maximum absolute atomic E-state index is 12.7. The van der Waals surface area contributed by atoms with Crippen LogP contribution in [0.25, 0.3) is 0 Å². The Bertz CT molecular complexity index is 843. The molecule has 1 N–H and O–H groups in total. The van der Waals surface area contributed by atoms with E-state index in [1.54, 1.807) is 6.07 Å². The Labute approximate surface area is 161 Å². The third-order valence-electron chi connectivity index (χ3n) is 4.32. The van der Waals surface area contributed by atoms with Crippen LogP contribution in [0, 0.1) is 0 Å². The summed E-state index contributed by atoms with van der Waals surface area (Å²) >= 11 is 0. The number of rotatable bonds is 7. The highest BCUT2D eigenvalue weighted by molar-refractivity contribution is 5.95. The monoisotopic (exact) mass is 393 g/mol. The van der Waals surface area contributed by atoms with Gasteiger partial charge in [0.1, 0.15) is 13.2 Å². The molecule has 28 heavy (non-hydrogen) atoms. The molecule has 6 nitrogen and oxygen atoms in total. The third kappa shape index (κ3) is 4.44. The van der Waals surface area contributed by atoms with Gasteiger partial charge in [-0.25, -0.2) is 0 Å². The molecule has 0 bridgehead atoms. The highest BCUT2D eigenvalue weighted by Crippen LogP contribution is 2.34. The Morgan fingerprint density at radius 3 is 2.54 bits per heavy atom. The molecule has 0 aromatic heterocycles. The van der Waals surface area contributed by atoms with Gasteiger partial charge in [0.25, 0.3) is 5.91 Å². The van der Waals surface area contributed by atoms with Crippen LogP contribution in [0.2, 0.25) is 0 Å². The van der Waals surface area contributed by atoms with Gasteiger partial charge < -0.3 is 24.3 Å². The summed E-state index contributed by atoms with van der Waals surface area (Å²) in [6.45, 7) is -0.117. The van der Waals surface area contributed by atoms with Crippen LogP contribution < -0.4 is 24.3 Å². The van der Waals surface area contributed by atoms with Crippen molar-refractivity contribution in [3.05, 3.63) is 47.5 Å². The van der Waals surface area contributed by atoms with Gasteiger partial charge in [0.05, 0.1) is 13.2 Å². The van der Waals surface area contributed by atoms with Crippen LogP contribution in [-0.2, 0) is 0 Å². The minimum absolute atomic E-state index is 0.121. The molecule has 0 fully saturated rings. The Balaban J connectivity index is 1.78. The Morgan fingerprint density at radius 2 is 1.86 bits per heavy atom. The van der Waals surface area contributed by atoms with Gasteiger partial charge in [0.15, 0.2) is 23.0 Å². The molecule has 0 aliphatic carbocycles. The van der Waals surface area contributed by atoms with Gasteiger partial charge in [-0.2, -0.15) is 8.78 Å². The summed E-state index contributed by atoms with van der Waals surface area (Å²) in [4.78, 5) is 12.7. The van der Waals surface area contributed by atoms with Crippen LogP contribution in [0.3, 0.4) is 0 Å². The number of benzene rings is 2. The first-order valence-electron chi connectivity index (χ1n) is 8.85. The van der Waals surface area contributed by atoms with Crippen molar-refractivity contribution in [2.45, 2.75) is 26.0 Å². The van der Waals surface area contributed by atoms with Crippen LogP contribution >= 0.6 is 0 Å². The lowest BCUT2D eigenvalue weighted by Crippen LogP contribution is -2.28. The smallest absolute Gasteiger partial charge is 0.387 e. The summed E-state index contributed by atoms with van der Waals surface area (Å²) in [5.41, 5.74) is 1.05. The maximum Gasteiger partial charge on any atom is 0.387 e. The molecule has 3 rings (SSSR count). The van der Waals surface area contributed by atoms with E-state index in [1.807, 2.05) is 19.1 Å². The fraction of sp³-hybridized carbons (Fsp3) is 0.350. The minimum Gasteiger partial charge on any atom is -0.493 e. The van der Waals surface area contributed by atoms with Crippen molar-refractivity contribution in [1.29, 1.82) is 0 Å². The van der Waals surface area contributed by atoms with E-state index in [4.69, 9.17) is 14.2 Å². The summed E-state index contributed by atoms with van der Waals surface area (Å²) in [5.74, 6) is 0.811. The molecule has 0 spiro atoms. The third-order valence-corrected chi connectivity index (χ3v) is 4.32. The van der Waals surface area contributed by atoms with Crippen LogP contribution in [-0.4, -0.2) is 32.8 Å². The molecule has 1 heterocycles. The number of carbonyl (C=O) groups excluding carboxylic acids is 1. The number of nitrogens with one attached hydrogen (secondary N) is 1. The number of alkyl halides is 2. The predicted molar refractivity (Wildman–Crippen MR) is 97.6 cm³/mol. The summed E-state index contributed by atoms with van der Waals surface area (Å²) in [6, 6.07) is 9.35. The van der Waals surface area contributed by atoms with Crippen molar-refractivity contribution in [2.75, 3.05) is 20.3 Å². The molecule has 0 radical (unpaired) electrons. The summed E-state index contributed by atoms with van der Waals surface area (Å²) in [7, 11) is 1.34. The first-order valence-corrected chi connectivity index (χ1v) is 8.85. The second kappa shape index (κ2) is 8.77. The molecule has 1 aliphatic heterocycles. The number of carbonyl (C=O) groups is 1. The zero-order valence-electron chi connectivity index (χ0n) is 15.5. The Kier molecular flexibility index (Phi) is 6.18. The van der Waals surface area contributed by atoms with Crippen molar-refractivity contribution >= 4 is 5.91 Å². The largest absolute Gasteiger partial charge is 0.493 e. The SMILES string of the molecule is CCC(NC(=O)c1ccc(OC)c(OC(F)F)c1)c1ccc2c(c1)OCCO2. The van der Waals surface area contributed by atoms with E-state index in [2.05, 4.69) is 10.1 Å². The molecule has 2 aromatic rings. The number of fused-ring (bicyclic) bond motifs is 1. The van der Waals surface area contributed by atoms with Crippen molar-refractivity contribution in [3.63, 3.8) is 0 Å². The lowest BCUT2D eigenvalue weighted by Gasteiger charge is -2.22. The quantitative estimate of drug-likeness (QED) is 0.772. The average molecular weight is 393 g/mol. The zero-order chi connectivity index (χ0) is 20.1. The first kappa shape index (κ1) is 19.7. The van der Waals surface area contributed by atoms with Gasteiger partial charge in [-0.3, -0.25) is 4.79 Å². The molecular weight excluding hydrogens is 372 g/mol. The lowest BCUT2D eigenvalue weighted by molar-refractivity contribution is -0.0512. The normalized spacial score (nSPS) is 13.8. The molecule has 150 valence electrons. The van der Waals surface area contributed by atoms with Crippen molar-refractivity contribution < 1.29 is 32.5 Å².